The molecule has 582 valence electrons. The fourth-order valence-electron chi connectivity index (χ4n) is 15.9. The molecule has 0 aliphatic heterocycles. The standard InChI is InChI=1S/C29H19N3.3C27H21N3/c1-2-10-20(11-3-1)28-29(32-27-16-7-6-15-26(27)31-28)24-18-17-23(25-14-8-9-19-30-25)21-12-4-5-13-22(21)24;1-18-17-22(19(2)16-21(18)23-12-8-9-15-28-23)27-26(20-10-4-3-5-11-20)29-24-13-6-7-14-25(24)30-27;1-18-16-23(19(2)15-22(18)21-11-8-14-28-17-21)27-26(20-9-4-3-5-10-20)29-24-12-6-7-13-25(24)30-27;1-18-17-23(19(2)16-22(18)20-12-14-28-15-13-20)27-26(21-8-4-3-5-9-21)29-24-10-6-7-11-25(24)30-27/h1-19H;3*3-17H,1-2H3. The Labute approximate surface area is 709 Å². The van der Waals surface area contributed by atoms with Crippen molar-refractivity contribution >= 4 is 54.9 Å². The lowest BCUT2D eigenvalue weighted by molar-refractivity contribution is 1.26. The van der Waals surface area contributed by atoms with Gasteiger partial charge in [-0.25, -0.2) is 39.9 Å². The normalized spacial score (nSPS) is 11.0. The molecule has 0 saturated carbocycles. The highest BCUT2D eigenvalue weighted by molar-refractivity contribution is 6.06. The number of aryl methyl sites for hydroxylation is 6. The van der Waals surface area contributed by atoms with Gasteiger partial charge >= 0.3 is 0 Å². The number of rotatable bonds is 12. The Kier molecular flexibility index (Phi) is 22.2. The van der Waals surface area contributed by atoms with Crippen molar-refractivity contribution in [2.45, 2.75) is 41.5 Å². The Bertz CT molecular complexity index is 6840. The number of fused-ring (bicyclic) bond motifs is 5. The monoisotopic (exact) mass is 1570 g/mol. The van der Waals surface area contributed by atoms with E-state index in [1.54, 1.807) is 6.20 Å². The lowest BCUT2D eigenvalue weighted by Gasteiger charge is -2.15. The van der Waals surface area contributed by atoms with E-state index in [-0.39, 0.29) is 0 Å². The van der Waals surface area contributed by atoms with Gasteiger partial charge in [0.05, 0.1) is 101 Å². The zero-order valence-electron chi connectivity index (χ0n) is 68.3. The first kappa shape index (κ1) is 77.3. The largest absolute Gasteiger partial charge is 0.265 e. The molecule has 0 atom stereocenters. The minimum Gasteiger partial charge on any atom is -0.265 e. The Morgan fingerprint density at radius 3 is 0.787 bits per heavy atom. The van der Waals surface area contributed by atoms with Gasteiger partial charge in [0.15, 0.2) is 0 Å². The summed E-state index contributed by atoms with van der Waals surface area (Å²) in [5, 5.41) is 2.29. The molecule has 13 aromatic carbocycles. The van der Waals surface area contributed by atoms with E-state index in [0.29, 0.717) is 0 Å². The average Bonchev–Trinajstić information content (AvgIpc) is 0.765. The van der Waals surface area contributed by atoms with Crippen LogP contribution in [-0.2, 0) is 0 Å². The van der Waals surface area contributed by atoms with E-state index in [1.807, 2.05) is 255 Å². The first-order valence-electron chi connectivity index (χ1n) is 40.8. The Balaban J connectivity index is 0.000000111. The summed E-state index contributed by atoms with van der Waals surface area (Å²) in [5.74, 6) is 0. The highest BCUT2D eigenvalue weighted by atomic mass is 14.9. The molecule has 0 aliphatic rings. The van der Waals surface area contributed by atoms with Gasteiger partial charge in [0.1, 0.15) is 0 Å². The van der Waals surface area contributed by atoms with Crippen LogP contribution < -0.4 is 0 Å². The van der Waals surface area contributed by atoms with E-state index in [0.717, 1.165) is 179 Å². The van der Waals surface area contributed by atoms with Crippen LogP contribution in [0.15, 0.2) is 389 Å². The second-order valence-electron chi connectivity index (χ2n) is 30.2. The first-order valence-corrected chi connectivity index (χ1v) is 40.8. The highest BCUT2D eigenvalue weighted by Gasteiger charge is 2.23. The predicted molar refractivity (Wildman–Crippen MR) is 500 cm³/mol. The van der Waals surface area contributed by atoms with Crippen LogP contribution in [0, 0.1) is 41.5 Å². The number of aromatic nitrogens is 12. The van der Waals surface area contributed by atoms with E-state index >= 15 is 0 Å². The van der Waals surface area contributed by atoms with Crippen molar-refractivity contribution in [2.24, 2.45) is 0 Å². The van der Waals surface area contributed by atoms with Gasteiger partial charge in [-0.05, 0) is 218 Å². The van der Waals surface area contributed by atoms with Gasteiger partial charge in [-0.15, -0.1) is 0 Å². The van der Waals surface area contributed by atoms with Crippen molar-refractivity contribution in [3.63, 3.8) is 0 Å². The molecular weight excluding hydrogens is 1490 g/mol. The Morgan fingerprint density at radius 1 is 0.164 bits per heavy atom. The first-order chi connectivity index (χ1) is 60.0. The summed E-state index contributed by atoms with van der Waals surface area (Å²) in [6.45, 7) is 12.8. The van der Waals surface area contributed by atoms with Gasteiger partial charge in [0.2, 0.25) is 0 Å². The fraction of sp³-hybridized carbons (Fsp3) is 0.0545. The molecule has 21 rings (SSSR count). The van der Waals surface area contributed by atoms with Gasteiger partial charge in [-0.1, -0.05) is 237 Å². The summed E-state index contributed by atoms with van der Waals surface area (Å²) in [7, 11) is 0. The van der Waals surface area contributed by atoms with E-state index in [4.69, 9.17) is 39.9 Å². The smallest absolute Gasteiger partial charge is 0.0979 e. The van der Waals surface area contributed by atoms with Crippen molar-refractivity contribution in [1.82, 2.24) is 59.8 Å². The van der Waals surface area contributed by atoms with E-state index in [2.05, 4.69) is 189 Å². The van der Waals surface area contributed by atoms with Crippen LogP contribution in [0.3, 0.4) is 0 Å². The van der Waals surface area contributed by atoms with Crippen LogP contribution in [0.1, 0.15) is 33.4 Å². The van der Waals surface area contributed by atoms with Gasteiger partial charge in [0.25, 0.3) is 0 Å². The lowest BCUT2D eigenvalue weighted by atomic mass is 9.92. The van der Waals surface area contributed by atoms with E-state index in [1.165, 1.54) is 44.5 Å². The van der Waals surface area contributed by atoms with Gasteiger partial charge in [-0.2, -0.15) is 0 Å². The third kappa shape index (κ3) is 16.3. The minimum atomic E-state index is 0.888. The topological polar surface area (TPSA) is 155 Å². The molecule has 0 bridgehead atoms. The zero-order valence-corrected chi connectivity index (χ0v) is 68.3. The Hall–Kier alpha value is -15.9. The van der Waals surface area contributed by atoms with Crippen LogP contribution >= 0.6 is 0 Å². The van der Waals surface area contributed by atoms with Crippen LogP contribution in [0.2, 0.25) is 0 Å². The SMILES string of the molecule is Cc1cc(-c2nc3ccccc3nc2-c2ccccc2)c(C)cc1-c1ccccn1.Cc1cc(-c2nc3ccccc3nc2-c2ccccc2)c(C)cc1-c1cccnc1.Cc1cc(-c2nc3ccccc3nc2-c2ccccc2)c(C)cc1-c1ccncc1.c1ccc(-c2nc3ccccc3nc2-c2ccc(-c3ccccn3)c3ccccc23)cc1. The molecule has 8 aromatic heterocycles. The molecule has 21 aromatic rings. The molecule has 0 fully saturated rings. The van der Waals surface area contributed by atoms with Crippen molar-refractivity contribution in [3.05, 3.63) is 422 Å². The van der Waals surface area contributed by atoms with Gasteiger partial charge < -0.3 is 0 Å². The third-order valence-corrected chi connectivity index (χ3v) is 22.0. The molecule has 0 saturated heterocycles. The summed E-state index contributed by atoms with van der Waals surface area (Å²) in [4.78, 5) is 57.8. The minimum absolute atomic E-state index is 0.888. The van der Waals surface area contributed by atoms with Crippen molar-refractivity contribution in [1.29, 1.82) is 0 Å². The summed E-state index contributed by atoms with van der Waals surface area (Å²) in [6, 6.07) is 120. The number of nitrogens with zero attached hydrogens (tertiary/aromatic N) is 12. The molecular formula is C110H82N12. The van der Waals surface area contributed by atoms with Crippen LogP contribution in [0.5, 0.6) is 0 Å². The average molecular weight is 1570 g/mol. The molecule has 0 amide bonds. The number of hydrogen-bond donors (Lipinski definition) is 0. The maximum atomic E-state index is 5.10. The molecule has 0 unspecified atom stereocenters. The van der Waals surface area contributed by atoms with Crippen LogP contribution in [-0.4, -0.2) is 59.8 Å². The molecule has 0 aliphatic carbocycles. The number of pyridine rings is 4. The highest BCUT2D eigenvalue weighted by Crippen LogP contribution is 2.43. The third-order valence-electron chi connectivity index (χ3n) is 22.0. The van der Waals surface area contributed by atoms with Crippen molar-refractivity contribution in [3.8, 4) is 135 Å². The zero-order chi connectivity index (χ0) is 82.8. The molecule has 0 radical (unpaired) electrons. The van der Waals surface area contributed by atoms with Crippen LogP contribution in [0.4, 0.5) is 0 Å². The van der Waals surface area contributed by atoms with E-state index < -0.39 is 0 Å². The van der Waals surface area contributed by atoms with Crippen molar-refractivity contribution < 1.29 is 0 Å². The summed E-state index contributed by atoms with van der Waals surface area (Å²) in [5.41, 5.74) is 39.1. The van der Waals surface area contributed by atoms with Gasteiger partial charge in [-0.3, -0.25) is 19.9 Å². The van der Waals surface area contributed by atoms with E-state index in [9.17, 15) is 0 Å². The number of hydrogen-bond acceptors (Lipinski definition) is 12. The fourth-order valence-corrected chi connectivity index (χ4v) is 15.9. The maximum Gasteiger partial charge on any atom is 0.0979 e. The maximum absolute atomic E-state index is 5.10. The number of para-hydroxylation sites is 8. The van der Waals surface area contributed by atoms with Crippen molar-refractivity contribution in [2.75, 3.05) is 0 Å². The second-order valence-corrected chi connectivity index (χ2v) is 30.2. The molecule has 8 heterocycles. The summed E-state index contributed by atoms with van der Waals surface area (Å²) >= 11 is 0. The summed E-state index contributed by atoms with van der Waals surface area (Å²) in [6.07, 6.45) is 11.0. The second kappa shape index (κ2) is 35.1. The number of benzene rings is 13. The molecule has 0 N–H and O–H groups in total. The lowest BCUT2D eigenvalue weighted by Crippen LogP contribution is -1.98. The molecule has 12 nitrogen and oxygen atoms in total. The quantitative estimate of drug-likeness (QED) is 0.114. The molecule has 12 heteroatoms. The molecule has 122 heavy (non-hydrogen) atoms. The summed E-state index contributed by atoms with van der Waals surface area (Å²) < 4.78 is 0. The predicted octanol–water partition coefficient (Wildman–Crippen LogP) is 27.1. The van der Waals surface area contributed by atoms with Crippen LogP contribution in [0.25, 0.3) is 190 Å². The Morgan fingerprint density at radius 2 is 0.434 bits per heavy atom. The molecule has 0 spiro atoms. The van der Waals surface area contributed by atoms with Gasteiger partial charge in [0, 0.05) is 98.4 Å².